The molecule has 140 valence electrons. The summed E-state index contributed by atoms with van der Waals surface area (Å²) >= 11 is 11.7. The molecule has 0 unspecified atom stereocenters. The highest BCUT2D eigenvalue weighted by Crippen LogP contribution is 2.50. The summed E-state index contributed by atoms with van der Waals surface area (Å²) in [7, 11) is 0. The van der Waals surface area contributed by atoms with Gasteiger partial charge in [0, 0.05) is 22.5 Å². The summed E-state index contributed by atoms with van der Waals surface area (Å²) in [6, 6.07) is 7.89. The summed E-state index contributed by atoms with van der Waals surface area (Å²) in [5.74, 6) is -4.10. The number of nitrogens with zero attached hydrogens (tertiary/aromatic N) is 1. The lowest BCUT2D eigenvalue weighted by Crippen LogP contribution is -2.40. The smallest absolute Gasteiger partial charge is 0.321 e. The van der Waals surface area contributed by atoms with Crippen LogP contribution in [-0.4, -0.2) is 23.2 Å². The van der Waals surface area contributed by atoms with Crippen LogP contribution in [-0.2, 0) is 10.2 Å². The number of hydrogen-bond acceptors (Lipinski definition) is 3. The Morgan fingerprint density at radius 2 is 2.00 bits per heavy atom. The second-order valence-electron chi connectivity index (χ2n) is 6.43. The van der Waals surface area contributed by atoms with E-state index in [1.54, 1.807) is 6.92 Å². The van der Waals surface area contributed by atoms with Gasteiger partial charge in [-0.2, -0.15) is 5.26 Å². The maximum absolute atomic E-state index is 14.8. The lowest BCUT2D eigenvalue weighted by atomic mass is 9.65. The van der Waals surface area contributed by atoms with E-state index in [1.165, 1.54) is 30.3 Å². The van der Waals surface area contributed by atoms with Crippen molar-refractivity contribution in [1.29, 1.82) is 5.26 Å². The third kappa shape index (κ3) is 2.96. The Kier molecular flexibility index (Phi) is 5.13. The number of rotatable bonds is 3. The molecule has 1 heterocycles. The molecule has 2 N–H and O–H groups in total. The van der Waals surface area contributed by atoms with Gasteiger partial charge in [-0.1, -0.05) is 41.4 Å². The van der Waals surface area contributed by atoms with E-state index >= 15 is 0 Å². The third-order valence-corrected chi connectivity index (χ3v) is 5.61. The first kappa shape index (κ1) is 19.6. The van der Waals surface area contributed by atoms with Crippen LogP contribution in [0.5, 0.6) is 0 Å². The van der Waals surface area contributed by atoms with E-state index in [0.717, 1.165) is 6.07 Å². The number of nitriles is 1. The number of nitrogens with one attached hydrogen (secondary N) is 1. The number of carboxylic acids is 1. The fourth-order valence-electron chi connectivity index (χ4n) is 3.88. The molecule has 0 amide bonds. The first-order chi connectivity index (χ1) is 12.7. The van der Waals surface area contributed by atoms with E-state index in [4.69, 9.17) is 23.2 Å². The molecule has 0 aromatic heterocycles. The highest BCUT2D eigenvalue weighted by molar-refractivity contribution is 6.31. The van der Waals surface area contributed by atoms with Gasteiger partial charge < -0.3 is 5.11 Å². The molecule has 0 aliphatic carbocycles. The molecule has 0 bridgehead atoms. The minimum atomic E-state index is -1.69. The SMILES string of the molecule is C[C@@H]1N[C@@H](C(=O)O)[C@H](c2cccc(Cl)c2F)[C@@]1(C#N)c1ccc(Cl)cc1F. The predicted molar refractivity (Wildman–Crippen MR) is 96.9 cm³/mol. The normalized spacial score (nSPS) is 27.3. The third-order valence-electron chi connectivity index (χ3n) is 5.08. The molecule has 1 saturated heterocycles. The zero-order valence-corrected chi connectivity index (χ0v) is 15.5. The van der Waals surface area contributed by atoms with Gasteiger partial charge in [-0.05, 0) is 30.7 Å². The van der Waals surface area contributed by atoms with E-state index < -0.39 is 41.0 Å². The molecule has 2 aromatic rings. The number of halogens is 4. The Morgan fingerprint density at radius 1 is 1.30 bits per heavy atom. The van der Waals surface area contributed by atoms with Crippen molar-refractivity contribution in [3.63, 3.8) is 0 Å². The van der Waals surface area contributed by atoms with Crippen molar-refractivity contribution in [3.8, 4) is 6.07 Å². The summed E-state index contributed by atoms with van der Waals surface area (Å²) in [6.45, 7) is 1.57. The van der Waals surface area contributed by atoms with Crippen LogP contribution in [0.1, 0.15) is 24.0 Å². The Morgan fingerprint density at radius 3 is 2.59 bits per heavy atom. The molecule has 0 spiro atoms. The van der Waals surface area contributed by atoms with Crippen molar-refractivity contribution in [2.75, 3.05) is 0 Å². The van der Waals surface area contributed by atoms with Gasteiger partial charge in [0.15, 0.2) is 0 Å². The van der Waals surface area contributed by atoms with Crippen LogP contribution in [0.15, 0.2) is 36.4 Å². The monoisotopic (exact) mass is 410 g/mol. The second-order valence-corrected chi connectivity index (χ2v) is 7.27. The van der Waals surface area contributed by atoms with Crippen molar-refractivity contribution in [2.45, 2.75) is 30.3 Å². The Bertz CT molecular complexity index is 963. The van der Waals surface area contributed by atoms with E-state index in [9.17, 15) is 23.9 Å². The Hall–Kier alpha value is -2.20. The molecule has 0 saturated carbocycles. The van der Waals surface area contributed by atoms with Gasteiger partial charge in [0.25, 0.3) is 0 Å². The number of carbonyl (C=O) groups is 1. The van der Waals surface area contributed by atoms with Crippen molar-refractivity contribution < 1.29 is 18.7 Å². The number of benzene rings is 2. The molecule has 8 heteroatoms. The molecule has 3 rings (SSSR count). The minimum absolute atomic E-state index is 0.0532. The van der Waals surface area contributed by atoms with Gasteiger partial charge in [0.05, 0.1) is 11.1 Å². The van der Waals surface area contributed by atoms with E-state index in [2.05, 4.69) is 11.4 Å². The first-order valence-electron chi connectivity index (χ1n) is 8.03. The van der Waals surface area contributed by atoms with Crippen molar-refractivity contribution in [1.82, 2.24) is 5.32 Å². The summed E-state index contributed by atoms with van der Waals surface area (Å²) in [5.41, 5.74) is -1.81. The largest absolute Gasteiger partial charge is 0.480 e. The molecule has 0 radical (unpaired) electrons. The summed E-state index contributed by atoms with van der Waals surface area (Å²) in [4.78, 5) is 11.9. The topological polar surface area (TPSA) is 73.1 Å². The fourth-order valence-corrected chi connectivity index (χ4v) is 4.22. The molecule has 1 fully saturated rings. The Labute approximate surface area is 164 Å². The van der Waals surface area contributed by atoms with Gasteiger partial charge in [-0.25, -0.2) is 8.78 Å². The molecular weight excluding hydrogens is 397 g/mol. The lowest BCUT2D eigenvalue weighted by Gasteiger charge is -2.33. The zero-order chi connectivity index (χ0) is 19.9. The second kappa shape index (κ2) is 7.08. The molecule has 2 aromatic carbocycles. The van der Waals surface area contributed by atoms with E-state index in [1.807, 2.05) is 0 Å². The quantitative estimate of drug-likeness (QED) is 0.792. The average Bonchev–Trinajstić information content (AvgIpc) is 2.91. The van der Waals surface area contributed by atoms with Crippen LogP contribution >= 0.6 is 23.2 Å². The van der Waals surface area contributed by atoms with Crippen molar-refractivity contribution >= 4 is 29.2 Å². The standard InChI is InChI=1S/C19H14Cl2F2N2O2/c1-9-19(8-24,12-6-5-10(20)7-14(12)22)15(17(25-9)18(26)27)11-3-2-4-13(21)16(11)23/h2-7,9,15,17,25H,1H3,(H,26,27)/t9-,15-,17+,19+/m0/s1. The van der Waals surface area contributed by atoms with Crippen LogP contribution in [0.25, 0.3) is 0 Å². The summed E-state index contributed by atoms with van der Waals surface area (Å²) in [6.07, 6.45) is 0. The lowest BCUT2D eigenvalue weighted by molar-refractivity contribution is -0.139. The molecule has 27 heavy (non-hydrogen) atoms. The van der Waals surface area contributed by atoms with Gasteiger partial charge in [-0.3, -0.25) is 10.1 Å². The molecule has 1 aliphatic rings. The average molecular weight is 411 g/mol. The molecule has 1 aliphatic heterocycles. The van der Waals surface area contributed by atoms with Gasteiger partial charge in [-0.15, -0.1) is 0 Å². The summed E-state index contributed by atoms with van der Waals surface area (Å²) < 4.78 is 29.6. The maximum Gasteiger partial charge on any atom is 0.321 e. The van der Waals surface area contributed by atoms with Crippen LogP contribution < -0.4 is 5.32 Å². The van der Waals surface area contributed by atoms with Crippen molar-refractivity contribution in [3.05, 3.63) is 69.2 Å². The van der Waals surface area contributed by atoms with Crippen LogP contribution in [0.4, 0.5) is 8.78 Å². The van der Waals surface area contributed by atoms with Gasteiger partial charge in [0.1, 0.15) is 23.1 Å². The highest BCUT2D eigenvalue weighted by Gasteiger charge is 2.59. The number of carboxylic acid groups (broad SMARTS) is 1. The van der Waals surface area contributed by atoms with E-state index in [0.29, 0.717) is 0 Å². The molecule has 4 nitrogen and oxygen atoms in total. The van der Waals surface area contributed by atoms with Crippen LogP contribution in [0.2, 0.25) is 10.0 Å². The maximum atomic E-state index is 14.8. The first-order valence-corrected chi connectivity index (χ1v) is 8.79. The van der Waals surface area contributed by atoms with Crippen LogP contribution in [0.3, 0.4) is 0 Å². The van der Waals surface area contributed by atoms with Gasteiger partial charge >= 0.3 is 5.97 Å². The number of aliphatic carboxylic acids is 1. The molecule has 4 atom stereocenters. The highest BCUT2D eigenvalue weighted by atomic mass is 35.5. The predicted octanol–water partition coefficient (Wildman–Crippen LogP) is 4.26. The van der Waals surface area contributed by atoms with Crippen LogP contribution in [0, 0.1) is 23.0 Å². The summed E-state index contributed by atoms with van der Waals surface area (Å²) in [5, 5.41) is 22.5. The molecular formula is C19H14Cl2F2N2O2. The zero-order valence-electron chi connectivity index (χ0n) is 14.0. The Balaban J connectivity index is 2.34. The van der Waals surface area contributed by atoms with E-state index in [-0.39, 0.29) is 21.2 Å². The van der Waals surface area contributed by atoms with Crippen molar-refractivity contribution in [2.24, 2.45) is 0 Å². The minimum Gasteiger partial charge on any atom is -0.480 e. The fraction of sp³-hybridized carbons (Fsp3) is 0.263. The number of hydrogen-bond donors (Lipinski definition) is 2. The van der Waals surface area contributed by atoms with Gasteiger partial charge in [0.2, 0.25) is 0 Å².